The number of hydrogen-bond donors (Lipinski definition) is 0. The zero-order valence-corrected chi connectivity index (χ0v) is 12.2. The normalized spacial score (nSPS) is 11.5. The standard InChI is InChI=1S/C14H21Br/c1-8(2)12-7-13(9(3)4)11(6)14(15)10(12)5/h7-9H,1-6H3. The van der Waals surface area contributed by atoms with Gasteiger partial charge < -0.3 is 0 Å². The fraction of sp³-hybridized carbons (Fsp3) is 0.571. The highest BCUT2D eigenvalue weighted by molar-refractivity contribution is 9.10. The van der Waals surface area contributed by atoms with Crippen molar-refractivity contribution in [3.05, 3.63) is 32.8 Å². The van der Waals surface area contributed by atoms with Gasteiger partial charge in [0, 0.05) is 4.47 Å². The van der Waals surface area contributed by atoms with Crippen molar-refractivity contribution in [1.29, 1.82) is 0 Å². The first-order chi connectivity index (χ1) is 6.86. The summed E-state index contributed by atoms with van der Waals surface area (Å²) in [6.07, 6.45) is 0. The van der Waals surface area contributed by atoms with Crippen LogP contribution in [0, 0.1) is 13.8 Å². The molecule has 0 amide bonds. The lowest BCUT2D eigenvalue weighted by atomic mass is 9.89. The first kappa shape index (κ1) is 12.8. The van der Waals surface area contributed by atoms with E-state index in [2.05, 4.69) is 63.5 Å². The molecule has 1 aromatic rings. The predicted octanol–water partition coefficient (Wildman–Crippen LogP) is 5.31. The van der Waals surface area contributed by atoms with Crippen molar-refractivity contribution >= 4 is 15.9 Å². The molecule has 0 fully saturated rings. The molecular formula is C14H21Br. The van der Waals surface area contributed by atoms with Crippen LogP contribution in [0.1, 0.15) is 61.8 Å². The van der Waals surface area contributed by atoms with Crippen molar-refractivity contribution in [1.82, 2.24) is 0 Å². The van der Waals surface area contributed by atoms with Crippen LogP contribution in [-0.2, 0) is 0 Å². The van der Waals surface area contributed by atoms with Gasteiger partial charge in [-0.25, -0.2) is 0 Å². The van der Waals surface area contributed by atoms with E-state index >= 15 is 0 Å². The highest BCUT2D eigenvalue weighted by Crippen LogP contribution is 2.34. The summed E-state index contributed by atoms with van der Waals surface area (Å²) < 4.78 is 1.29. The molecule has 0 bridgehead atoms. The van der Waals surface area contributed by atoms with E-state index in [-0.39, 0.29) is 0 Å². The van der Waals surface area contributed by atoms with Gasteiger partial charge in [0.15, 0.2) is 0 Å². The molecule has 1 heteroatoms. The Morgan fingerprint density at radius 3 is 1.47 bits per heavy atom. The molecule has 0 atom stereocenters. The highest BCUT2D eigenvalue weighted by atomic mass is 79.9. The average molecular weight is 269 g/mol. The van der Waals surface area contributed by atoms with Crippen LogP contribution in [0.5, 0.6) is 0 Å². The number of benzene rings is 1. The molecule has 0 aliphatic carbocycles. The van der Waals surface area contributed by atoms with Gasteiger partial charge in [0.25, 0.3) is 0 Å². The van der Waals surface area contributed by atoms with Gasteiger partial charge >= 0.3 is 0 Å². The average Bonchev–Trinajstić information content (AvgIpc) is 2.13. The summed E-state index contributed by atoms with van der Waals surface area (Å²) in [7, 11) is 0. The molecule has 0 saturated heterocycles. The Balaban J connectivity index is 3.45. The second-order valence-electron chi connectivity index (χ2n) is 4.93. The highest BCUT2D eigenvalue weighted by Gasteiger charge is 2.14. The maximum Gasteiger partial charge on any atom is 0.0239 e. The van der Waals surface area contributed by atoms with Gasteiger partial charge in [-0.15, -0.1) is 0 Å². The zero-order valence-electron chi connectivity index (χ0n) is 10.6. The van der Waals surface area contributed by atoms with Gasteiger partial charge in [0.1, 0.15) is 0 Å². The topological polar surface area (TPSA) is 0 Å². The molecule has 0 N–H and O–H groups in total. The Kier molecular flexibility index (Phi) is 3.99. The van der Waals surface area contributed by atoms with Crippen molar-refractivity contribution in [3.8, 4) is 0 Å². The number of hydrogen-bond acceptors (Lipinski definition) is 0. The van der Waals surface area contributed by atoms with Gasteiger partial charge in [0.05, 0.1) is 0 Å². The van der Waals surface area contributed by atoms with Crippen LogP contribution in [0.25, 0.3) is 0 Å². The Morgan fingerprint density at radius 2 is 1.20 bits per heavy atom. The lowest BCUT2D eigenvalue weighted by molar-refractivity contribution is 0.817. The third kappa shape index (κ3) is 2.44. The molecule has 0 spiro atoms. The Labute approximate surface area is 102 Å². The third-order valence-electron chi connectivity index (χ3n) is 3.08. The van der Waals surface area contributed by atoms with Crippen LogP contribution in [-0.4, -0.2) is 0 Å². The molecule has 1 rings (SSSR count). The monoisotopic (exact) mass is 268 g/mol. The largest absolute Gasteiger partial charge is 0.0587 e. The van der Waals surface area contributed by atoms with Crippen LogP contribution < -0.4 is 0 Å². The molecule has 0 aliphatic rings. The minimum Gasteiger partial charge on any atom is -0.0587 e. The summed E-state index contributed by atoms with van der Waals surface area (Å²) in [6.45, 7) is 13.4. The molecule has 84 valence electrons. The fourth-order valence-corrected chi connectivity index (χ4v) is 2.58. The van der Waals surface area contributed by atoms with Crippen molar-refractivity contribution < 1.29 is 0 Å². The maximum atomic E-state index is 3.72. The van der Waals surface area contributed by atoms with Crippen molar-refractivity contribution in [2.75, 3.05) is 0 Å². The molecular weight excluding hydrogens is 248 g/mol. The Hall–Kier alpha value is -0.300. The fourth-order valence-electron chi connectivity index (χ4n) is 2.12. The molecule has 0 nitrogen and oxygen atoms in total. The van der Waals surface area contributed by atoms with Gasteiger partial charge in [-0.2, -0.15) is 0 Å². The summed E-state index contributed by atoms with van der Waals surface area (Å²) >= 11 is 3.72. The molecule has 0 saturated carbocycles. The summed E-state index contributed by atoms with van der Waals surface area (Å²) in [5.41, 5.74) is 5.73. The van der Waals surface area contributed by atoms with Crippen molar-refractivity contribution in [3.63, 3.8) is 0 Å². The van der Waals surface area contributed by atoms with Gasteiger partial charge in [-0.3, -0.25) is 0 Å². The van der Waals surface area contributed by atoms with E-state index in [9.17, 15) is 0 Å². The summed E-state index contributed by atoms with van der Waals surface area (Å²) in [4.78, 5) is 0. The van der Waals surface area contributed by atoms with Crippen LogP contribution >= 0.6 is 15.9 Å². The summed E-state index contributed by atoms with van der Waals surface area (Å²) in [5.74, 6) is 1.19. The quantitative estimate of drug-likeness (QED) is 0.682. The number of rotatable bonds is 2. The second-order valence-corrected chi connectivity index (χ2v) is 5.72. The minimum absolute atomic E-state index is 0.597. The van der Waals surface area contributed by atoms with E-state index in [1.165, 1.54) is 26.7 Å². The van der Waals surface area contributed by atoms with E-state index in [4.69, 9.17) is 0 Å². The van der Waals surface area contributed by atoms with Gasteiger partial charge in [-0.1, -0.05) is 49.7 Å². The molecule has 0 radical (unpaired) electrons. The SMILES string of the molecule is Cc1c(C(C)C)cc(C(C)C)c(C)c1Br. The van der Waals surface area contributed by atoms with E-state index in [1.54, 1.807) is 0 Å². The van der Waals surface area contributed by atoms with Gasteiger partial charge in [-0.05, 0) is 47.9 Å². The van der Waals surface area contributed by atoms with Crippen LogP contribution in [0.4, 0.5) is 0 Å². The van der Waals surface area contributed by atoms with E-state index in [0.717, 1.165) is 0 Å². The molecule has 0 aliphatic heterocycles. The number of halogens is 1. The molecule has 0 heterocycles. The van der Waals surface area contributed by atoms with Crippen LogP contribution in [0.3, 0.4) is 0 Å². The molecule has 0 aromatic heterocycles. The van der Waals surface area contributed by atoms with E-state index < -0.39 is 0 Å². The molecule has 15 heavy (non-hydrogen) atoms. The third-order valence-corrected chi connectivity index (χ3v) is 4.27. The predicted molar refractivity (Wildman–Crippen MR) is 71.8 cm³/mol. The molecule has 0 unspecified atom stereocenters. The summed E-state index contributed by atoms with van der Waals surface area (Å²) in [5, 5.41) is 0. The van der Waals surface area contributed by atoms with Crippen LogP contribution in [0.15, 0.2) is 10.5 Å². The Bertz CT molecular complexity index is 330. The first-order valence-corrected chi connectivity index (χ1v) is 6.45. The van der Waals surface area contributed by atoms with E-state index in [0.29, 0.717) is 11.8 Å². The van der Waals surface area contributed by atoms with Crippen molar-refractivity contribution in [2.45, 2.75) is 53.4 Å². The van der Waals surface area contributed by atoms with Crippen LogP contribution in [0.2, 0.25) is 0 Å². The second kappa shape index (κ2) is 4.69. The maximum absolute atomic E-state index is 3.72. The summed E-state index contributed by atoms with van der Waals surface area (Å²) in [6, 6.07) is 2.38. The molecule has 1 aromatic carbocycles. The van der Waals surface area contributed by atoms with E-state index in [1.807, 2.05) is 0 Å². The van der Waals surface area contributed by atoms with Gasteiger partial charge in [0.2, 0.25) is 0 Å². The Morgan fingerprint density at radius 1 is 0.867 bits per heavy atom. The minimum atomic E-state index is 0.597. The van der Waals surface area contributed by atoms with Crippen molar-refractivity contribution in [2.24, 2.45) is 0 Å². The first-order valence-electron chi connectivity index (χ1n) is 5.65. The smallest absolute Gasteiger partial charge is 0.0239 e. The lowest BCUT2D eigenvalue weighted by Gasteiger charge is -2.19. The zero-order chi connectivity index (χ0) is 11.7. The lowest BCUT2D eigenvalue weighted by Crippen LogP contribution is -2.01.